The van der Waals surface area contributed by atoms with Crippen LogP contribution in [0.4, 0.5) is 0 Å². The molecular weight excluding hydrogens is 218 g/mol. The van der Waals surface area contributed by atoms with Crippen molar-refractivity contribution in [2.75, 3.05) is 13.1 Å². The molecule has 0 aromatic heterocycles. The second kappa shape index (κ2) is 5.68. The van der Waals surface area contributed by atoms with Gasteiger partial charge in [0.05, 0.1) is 6.54 Å². The zero-order valence-electron chi connectivity index (χ0n) is 10.5. The maximum absolute atomic E-state index is 10.7. The summed E-state index contributed by atoms with van der Waals surface area (Å²) in [6.07, 6.45) is 0. The number of rotatable bonds is 5. The van der Waals surface area contributed by atoms with Gasteiger partial charge in [0.25, 0.3) is 0 Å². The molecule has 2 N–H and O–H groups in total. The topological polar surface area (TPSA) is 60.8 Å². The third-order valence-corrected chi connectivity index (χ3v) is 2.76. The molecule has 4 nitrogen and oxygen atoms in total. The van der Waals surface area contributed by atoms with Crippen molar-refractivity contribution in [3.05, 3.63) is 28.8 Å². The van der Waals surface area contributed by atoms with Crippen LogP contribution < -0.4 is 0 Å². The monoisotopic (exact) mass is 237 g/mol. The highest BCUT2D eigenvalue weighted by molar-refractivity contribution is 5.69. The number of phenols is 1. The molecule has 0 saturated heterocycles. The summed E-state index contributed by atoms with van der Waals surface area (Å²) < 4.78 is 0. The number of carbonyl (C=O) groups is 1. The predicted octanol–water partition coefficient (Wildman–Crippen LogP) is 1.92. The highest BCUT2D eigenvalue weighted by Gasteiger charge is 2.10. The van der Waals surface area contributed by atoms with E-state index in [-0.39, 0.29) is 6.54 Å². The summed E-state index contributed by atoms with van der Waals surface area (Å²) in [5.74, 6) is -0.505. The summed E-state index contributed by atoms with van der Waals surface area (Å²) >= 11 is 0. The number of phenolic OH excluding ortho intramolecular Hbond substituents is 1. The van der Waals surface area contributed by atoms with Gasteiger partial charge in [-0.1, -0.05) is 19.1 Å². The quantitative estimate of drug-likeness (QED) is 0.821. The smallest absolute Gasteiger partial charge is 0.317 e. The van der Waals surface area contributed by atoms with E-state index in [1.165, 1.54) is 0 Å². The van der Waals surface area contributed by atoms with Crippen molar-refractivity contribution in [2.45, 2.75) is 27.3 Å². The van der Waals surface area contributed by atoms with Crippen LogP contribution in [0.25, 0.3) is 0 Å². The molecule has 1 rings (SSSR count). The molecule has 0 heterocycles. The molecule has 0 aliphatic heterocycles. The Hall–Kier alpha value is -1.55. The average molecular weight is 237 g/mol. The lowest BCUT2D eigenvalue weighted by atomic mass is 10.1. The number of nitrogens with zero attached hydrogens (tertiary/aromatic N) is 1. The van der Waals surface area contributed by atoms with Crippen LogP contribution in [0.3, 0.4) is 0 Å². The van der Waals surface area contributed by atoms with Crippen molar-refractivity contribution < 1.29 is 15.0 Å². The van der Waals surface area contributed by atoms with Gasteiger partial charge in [0.15, 0.2) is 0 Å². The number of likely N-dealkylation sites (N-methyl/N-ethyl adjacent to an activating group) is 1. The maximum Gasteiger partial charge on any atom is 0.317 e. The maximum atomic E-state index is 10.7. The lowest BCUT2D eigenvalue weighted by molar-refractivity contribution is -0.138. The minimum atomic E-state index is -0.820. The minimum Gasteiger partial charge on any atom is -0.507 e. The van der Waals surface area contributed by atoms with Crippen LogP contribution in [0, 0.1) is 13.8 Å². The fourth-order valence-electron chi connectivity index (χ4n) is 1.87. The normalized spacial score (nSPS) is 10.8. The number of hydrogen-bond acceptors (Lipinski definition) is 3. The molecule has 0 saturated carbocycles. The molecule has 0 unspecified atom stereocenters. The fourth-order valence-corrected chi connectivity index (χ4v) is 1.87. The Bertz CT molecular complexity index is 392. The van der Waals surface area contributed by atoms with E-state index in [9.17, 15) is 9.90 Å². The van der Waals surface area contributed by atoms with Gasteiger partial charge in [-0.15, -0.1) is 0 Å². The SMILES string of the molecule is CCN(CC(=O)O)Cc1cc(C)c(O)c(C)c1. The van der Waals surface area contributed by atoms with Gasteiger partial charge < -0.3 is 10.2 Å². The standard InChI is InChI=1S/C13H19NO3/c1-4-14(8-12(15)16)7-11-5-9(2)13(17)10(3)6-11/h5-6,17H,4,7-8H2,1-3H3,(H,15,16). The number of aliphatic carboxylic acids is 1. The average Bonchev–Trinajstić information content (AvgIpc) is 2.24. The van der Waals surface area contributed by atoms with Gasteiger partial charge in [0.2, 0.25) is 0 Å². The molecule has 0 aliphatic rings. The third kappa shape index (κ3) is 3.75. The van der Waals surface area contributed by atoms with Crippen LogP contribution in [-0.4, -0.2) is 34.2 Å². The first kappa shape index (κ1) is 13.5. The lowest BCUT2D eigenvalue weighted by Crippen LogP contribution is -2.29. The number of benzene rings is 1. The lowest BCUT2D eigenvalue weighted by Gasteiger charge is -2.19. The van der Waals surface area contributed by atoms with Gasteiger partial charge >= 0.3 is 5.97 Å². The zero-order chi connectivity index (χ0) is 13.0. The van der Waals surface area contributed by atoms with Crippen molar-refractivity contribution in [2.24, 2.45) is 0 Å². The molecule has 94 valence electrons. The van der Waals surface area contributed by atoms with Crippen LogP contribution in [0.15, 0.2) is 12.1 Å². The predicted molar refractivity (Wildman–Crippen MR) is 66.2 cm³/mol. The highest BCUT2D eigenvalue weighted by Crippen LogP contribution is 2.23. The summed E-state index contributed by atoms with van der Waals surface area (Å²) in [6, 6.07) is 3.79. The van der Waals surface area contributed by atoms with Crippen molar-refractivity contribution in [3.8, 4) is 5.75 Å². The number of carboxylic acid groups (broad SMARTS) is 1. The van der Waals surface area contributed by atoms with Crippen molar-refractivity contribution in [3.63, 3.8) is 0 Å². The molecule has 0 spiro atoms. The number of carboxylic acids is 1. The van der Waals surface area contributed by atoms with Gasteiger partial charge in [-0.2, -0.15) is 0 Å². The van der Waals surface area contributed by atoms with E-state index in [0.29, 0.717) is 18.8 Å². The van der Waals surface area contributed by atoms with E-state index >= 15 is 0 Å². The summed E-state index contributed by atoms with van der Waals surface area (Å²) in [7, 11) is 0. The zero-order valence-corrected chi connectivity index (χ0v) is 10.5. The number of aromatic hydroxyl groups is 1. The molecular formula is C13H19NO3. The highest BCUT2D eigenvalue weighted by atomic mass is 16.4. The van der Waals surface area contributed by atoms with Gasteiger partial charge in [-0.3, -0.25) is 9.69 Å². The van der Waals surface area contributed by atoms with E-state index in [2.05, 4.69) is 0 Å². The second-order valence-corrected chi connectivity index (χ2v) is 4.28. The Labute approximate surface area is 101 Å². The van der Waals surface area contributed by atoms with E-state index in [1.807, 2.05) is 37.8 Å². The number of aryl methyl sites for hydroxylation is 2. The van der Waals surface area contributed by atoms with E-state index < -0.39 is 5.97 Å². The first-order chi connectivity index (χ1) is 7.93. The summed E-state index contributed by atoms with van der Waals surface area (Å²) in [4.78, 5) is 12.5. The van der Waals surface area contributed by atoms with Crippen molar-refractivity contribution in [1.82, 2.24) is 4.90 Å². The first-order valence-corrected chi connectivity index (χ1v) is 5.67. The Kier molecular flexibility index (Phi) is 4.52. The van der Waals surface area contributed by atoms with Crippen molar-refractivity contribution >= 4 is 5.97 Å². The van der Waals surface area contributed by atoms with E-state index in [1.54, 1.807) is 0 Å². The molecule has 0 amide bonds. The van der Waals surface area contributed by atoms with Crippen LogP contribution in [-0.2, 0) is 11.3 Å². The van der Waals surface area contributed by atoms with Crippen molar-refractivity contribution in [1.29, 1.82) is 0 Å². The summed E-state index contributed by atoms with van der Waals surface area (Å²) in [5, 5.41) is 18.4. The Morgan fingerprint density at radius 3 is 2.24 bits per heavy atom. The molecule has 17 heavy (non-hydrogen) atoms. The van der Waals surface area contributed by atoms with Gasteiger partial charge in [-0.25, -0.2) is 0 Å². The molecule has 1 aromatic rings. The molecule has 0 bridgehead atoms. The number of hydrogen-bond donors (Lipinski definition) is 2. The fraction of sp³-hybridized carbons (Fsp3) is 0.462. The molecule has 0 radical (unpaired) electrons. The largest absolute Gasteiger partial charge is 0.507 e. The van der Waals surface area contributed by atoms with Crippen LogP contribution in [0.1, 0.15) is 23.6 Å². The summed E-state index contributed by atoms with van der Waals surface area (Å²) in [6.45, 7) is 6.94. The first-order valence-electron chi connectivity index (χ1n) is 5.67. The van der Waals surface area contributed by atoms with E-state index in [4.69, 9.17) is 5.11 Å². The molecule has 4 heteroatoms. The minimum absolute atomic E-state index is 0.0372. The van der Waals surface area contributed by atoms with Crippen LogP contribution in [0.2, 0.25) is 0 Å². The van der Waals surface area contributed by atoms with Crippen LogP contribution >= 0.6 is 0 Å². The van der Waals surface area contributed by atoms with Gasteiger partial charge in [0, 0.05) is 6.54 Å². The third-order valence-electron chi connectivity index (χ3n) is 2.76. The van der Waals surface area contributed by atoms with Crippen LogP contribution in [0.5, 0.6) is 5.75 Å². The van der Waals surface area contributed by atoms with E-state index in [0.717, 1.165) is 16.7 Å². The second-order valence-electron chi connectivity index (χ2n) is 4.28. The van der Waals surface area contributed by atoms with Gasteiger partial charge in [0.1, 0.15) is 5.75 Å². The molecule has 0 atom stereocenters. The Morgan fingerprint density at radius 2 is 1.82 bits per heavy atom. The molecule has 1 aromatic carbocycles. The Balaban J connectivity index is 2.83. The van der Waals surface area contributed by atoms with Gasteiger partial charge in [-0.05, 0) is 37.1 Å². The Morgan fingerprint density at radius 1 is 1.29 bits per heavy atom. The summed E-state index contributed by atoms with van der Waals surface area (Å²) in [5.41, 5.74) is 2.68. The molecule has 0 fully saturated rings. The molecule has 0 aliphatic carbocycles.